The molecule has 1 aliphatic heterocycles. The smallest absolute Gasteiger partial charge is 0.300 e. The van der Waals surface area contributed by atoms with Gasteiger partial charge in [0, 0.05) is 15.7 Å². The Bertz CT molecular complexity index is 1060. The SMILES string of the molecule is O=C1C(=O)N(c2ccccc2)[C@H](c2ccccc2)C1=C(O)c1ccc(Br)cc1. The summed E-state index contributed by atoms with van der Waals surface area (Å²) >= 11 is 3.36. The standard InChI is InChI=1S/C23H16BrNO3/c24-17-13-11-16(12-14-17)21(26)19-20(15-7-3-1-4-8-15)25(23(28)22(19)27)18-9-5-2-6-10-18/h1-14,20,26H/t20-/m1/s1. The normalized spacial score (nSPS) is 18.5. The average molecular weight is 434 g/mol. The van der Waals surface area contributed by atoms with Crippen LogP contribution in [0, 0.1) is 0 Å². The van der Waals surface area contributed by atoms with Crippen molar-refractivity contribution in [1.82, 2.24) is 0 Å². The summed E-state index contributed by atoms with van der Waals surface area (Å²) in [5.41, 5.74) is 1.93. The number of halogens is 1. The Hall–Kier alpha value is -3.18. The van der Waals surface area contributed by atoms with Gasteiger partial charge in [-0.3, -0.25) is 14.5 Å². The van der Waals surface area contributed by atoms with E-state index in [1.165, 1.54) is 4.90 Å². The van der Waals surface area contributed by atoms with Crippen LogP contribution in [0.4, 0.5) is 5.69 Å². The van der Waals surface area contributed by atoms with Crippen LogP contribution in [-0.4, -0.2) is 16.8 Å². The number of benzene rings is 3. The van der Waals surface area contributed by atoms with Crippen molar-refractivity contribution in [2.24, 2.45) is 0 Å². The molecule has 138 valence electrons. The lowest BCUT2D eigenvalue weighted by molar-refractivity contribution is -0.132. The summed E-state index contributed by atoms with van der Waals surface area (Å²) in [5.74, 6) is -1.53. The van der Waals surface area contributed by atoms with Gasteiger partial charge in [0.2, 0.25) is 0 Å². The molecule has 0 radical (unpaired) electrons. The first kappa shape index (κ1) is 18.2. The van der Waals surface area contributed by atoms with E-state index in [9.17, 15) is 14.7 Å². The number of anilines is 1. The lowest BCUT2D eigenvalue weighted by Crippen LogP contribution is -2.29. The Morgan fingerprint density at radius 3 is 2.00 bits per heavy atom. The van der Waals surface area contributed by atoms with Gasteiger partial charge < -0.3 is 5.11 Å². The number of ketones is 1. The molecule has 1 N–H and O–H groups in total. The van der Waals surface area contributed by atoms with Crippen molar-refractivity contribution in [1.29, 1.82) is 0 Å². The van der Waals surface area contributed by atoms with E-state index in [-0.39, 0.29) is 11.3 Å². The number of para-hydroxylation sites is 1. The molecule has 4 rings (SSSR count). The highest BCUT2D eigenvalue weighted by Gasteiger charge is 2.46. The molecule has 1 atom stereocenters. The number of hydrogen-bond acceptors (Lipinski definition) is 3. The first-order chi connectivity index (χ1) is 13.6. The molecular formula is C23H16BrNO3. The monoisotopic (exact) mass is 433 g/mol. The van der Waals surface area contributed by atoms with Crippen LogP contribution < -0.4 is 4.90 Å². The minimum Gasteiger partial charge on any atom is -0.507 e. The zero-order chi connectivity index (χ0) is 19.7. The summed E-state index contributed by atoms with van der Waals surface area (Å²) in [4.78, 5) is 27.3. The molecule has 1 saturated heterocycles. The zero-order valence-electron chi connectivity index (χ0n) is 14.7. The number of aliphatic hydroxyl groups excluding tert-OH is 1. The fourth-order valence-electron chi connectivity index (χ4n) is 3.40. The van der Waals surface area contributed by atoms with Crippen LogP contribution in [0.5, 0.6) is 0 Å². The van der Waals surface area contributed by atoms with Crippen LogP contribution in [0.2, 0.25) is 0 Å². The van der Waals surface area contributed by atoms with Gasteiger partial charge >= 0.3 is 0 Å². The topological polar surface area (TPSA) is 57.6 Å². The van der Waals surface area contributed by atoms with Crippen molar-refractivity contribution in [2.45, 2.75) is 6.04 Å². The minimum atomic E-state index is -0.702. The molecule has 1 aliphatic rings. The Labute approximate surface area is 170 Å². The van der Waals surface area contributed by atoms with Crippen molar-refractivity contribution < 1.29 is 14.7 Å². The summed E-state index contributed by atoms with van der Waals surface area (Å²) in [5, 5.41) is 11.0. The number of nitrogens with zero attached hydrogens (tertiary/aromatic N) is 1. The van der Waals surface area contributed by atoms with Crippen LogP contribution in [0.1, 0.15) is 17.2 Å². The second-order valence-electron chi connectivity index (χ2n) is 6.42. The Morgan fingerprint density at radius 2 is 1.39 bits per heavy atom. The second kappa shape index (κ2) is 7.44. The molecular weight excluding hydrogens is 418 g/mol. The maximum absolute atomic E-state index is 12.9. The molecule has 0 saturated carbocycles. The van der Waals surface area contributed by atoms with Gasteiger partial charge in [0.25, 0.3) is 11.7 Å². The van der Waals surface area contributed by atoms with Crippen molar-refractivity contribution >= 4 is 39.1 Å². The number of hydrogen-bond donors (Lipinski definition) is 1. The minimum absolute atomic E-state index is 0.0855. The van der Waals surface area contributed by atoms with Crippen molar-refractivity contribution in [3.8, 4) is 0 Å². The highest BCUT2D eigenvalue weighted by Crippen LogP contribution is 2.41. The van der Waals surface area contributed by atoms with E-state index >= 15 is 0 Å². The molecule has 0 bridgehead atoms. The molecule has 5 heteroatoms. The summed E-state index contributed by atoms with van der Waals surface area (Å²) in [6.45, 7) is 0. The summed E-state index contributed by atoms with van der Waals surface area (Å²) < 4.78 is 0.855. The number of amides is 1. The second-order valence-corrected chi connectivity index (χ2v) is 7.34. The molecule has 1 fully saturated rings. The van der Waals surface area contributed by atoms with E-state index in [2.05, 4.69) is 15.9 Å². The van der Waals surface area contributed by atoms with Gasteiger partial charge in [-0.25, -0.2) is 0 Å². The quantitative estimate of drug-likeness (QED) is 0.356. The van der Waals surface area contributed by atoms with Gasteiger partial charge in [0.15, 0.2) is 0 Å². The zero-order valence-corrected chi connectivity index (χ0v) is 16.3. The first-order valence-corrected chi connectivity index (χ1v) is 9.54. The average Bonchev–Trinajstić information content (AvgIpc) is 3.00. The summed E-state index contributed by atoms with van der Waals surface area (Å²) in [6, 6.07) is 24.6. The van der Waals surface area contributed by atoms with E-state index in [1.807, 2.05) is 48.5 Å². The molecule has 0 unspecified atom stereocenters. The van der Waals surface area contributed by atoms with Crippen molar-refractivity contribution in [3.05, 3.63) is 106 Å². The van der Waals surface area contributed by atoms with Crippen LogP contribution >= 0.6 is 15.9 Å². The molecule has 0 spiro atoms. The van der Waals surface area contributed by atoms with Gasteiger partial charge in [-0.1, -0.05) is 76.6 Å². The van der Waals surface area contributed by atoms with Crippen LogP contribution in [0.3, 0.4) is 0 Å². The number of carbonyl (C=O) groups is 2. The lowest BCUT2D eigenvalue weighted by atomic mass is 9.95. The Balaban J connectivity index is 1.94. The van der Waals surface area contributed by atoms with Gasteiger partial charge in [-0.15, -0.1) is 0 Å². The summed E-state index contributed by atoms with van der Waals surface area (Å²) in [6.07, 6.45) is 0. The number of aliphatic hydroxyl groups is 1. The molecule has 0 aromatic heterocycles. The molecule has 3 aromatic rings. The first-order valence-electron chi connectivity index (χ1n) is 8.75. The highest BCUT2D eigenvalue weighted by molar-refractivity contribution is 9.10. The molecule has 0 aliphatic carbocycles. The Kier molecular flexibility index (Phi) is 4.84. The van der Waals surface area contributed by atoms with Gasteiger partial charge in [-0.05, 0) is 29.8 Å². The van der Waals surface area contributed by atoms with E-state index < -0.39 is 17.7 Å². The van der Waals surface area contributed by atoms with E-state index in [4.69, 9.17) is 0 Å². The maximum Gasteiger partial charge on any atom is 0.300 e. The molecule has 1 heterocycles. The predicted molar refractivity (Wildman–Crippen MR) is 112 cm³/mol. The maximum atomic E-state index is 12.9. The number of carbonyl (C=O) groups excluding carboxylic acids is 2. The van der Waals surface area contributed by atoms with Gasteiger partial charge in [-0.2, -0.15) is 0 Å². The van der Waals surface area contributed by atoms with Crippen molar-refractivity contribution in [2.75, 3.05) is 4.90 Å². The third-order valence-electron chi connectivity index (χ3n) is 4.71. The van der Waals surface area contributed by atoms with Gasteiger partial charge in [0.1, 0.15) is 5.76 Å². The van der Waals surface area contributed by atoms with Crippen LogP contribution in [0.15, 0.2) is 95.0 Å². The number of Topliss-reactive ketones (excluding diaryl/α,β-unsaturated/α-hetero) is 1. The van der Waals surface area contributed by atoms with E-state index in [1.54, 1.807) is 36.4 Å². The third-order valence-corrected chi connectivity index (χ3v) is 5.24. The van der Waals surface area contributed by atoms with E-state index in [0.717, 1.165) is 10.0 Å². The van der Waals surface area contributed by atoms with Gasteiger partial charge in [0.05, 0.1) is 11.6 Å². The molecule has 1 amide bonds. The number of rotatable bonds is 3. The summed E-state index contributed by atoms with van der Waals surface area (Å²) in [7, 11) is 0. The van der Waals surface area contributed by atoms with Crippen molar-refractivity contribution in [3.63, 3.8) is 0 Å². The third kappa shape index (κ3) is 3.14. The van der Waals surface area contributed by atoms with E-state index in [0.29, 0.717) is 11.3 Å². The molecule has 28 heavy (non-hydrogen) atoms. The predicted octanol–water partition coefficient (Wildman–Crippen LogP) is 5.08. The largest absolute Gasteiger partial charge is 0.507 e. The fraction of sp³-hybridized carbons (Fsp3) is 0.0435. The van der Waals surface area contributed by atoms with Crippen LogP contribution in [-0.2, 0) is 9.59 Å². The lowest BCUT2D eigenvalue weighted by Gasteiger charge is -2.25. The fourth-order valence-corrected chi connectivity index (χ4v) is 3.67. The highest BCUT2D eigenvalue weighted by atomic mass is 79.9. The Morgan fingerprint density at radius 1 is 0.821 bits per heavy atom. The molecule has 3 aromatic carbocycles. The van der Waals surface area contributed by atoms with Crippen LogP contribution in [0.25, 0.3) is 5.76 Å². The molecule has 4 nitrogen and oxygen atoms in total.